The molecule has 1 rings (SSSR count). The average molecular weight is 225 g/mol. The molecule has 0 spiro atoms. The van der Waals surface area contributed by atoms with E-state index >= 15 is 0 Å². The van der Waals surface area contributed by atoms with E-state index in [4.69, 9.17) is 4.74 Å². The van der Waals surface area contributed by atoms with Gasteiger partial charge in [0.15, 0.2) is 0 Å². The Bertz CT molecular complexity index is 253. The van der Waals surface area contributed by atoms with Crippen LogP contribution in [0.2, 0.25) is 0 Å². The molecule has 1 aromatic carbocycles. The first-order chi connectivity index (χ1) is 7.33. The molecule has 3 heteroatoms. The van der Waals surface area contributed by atoms with Crippen LogP contribution >= 0.6 is 11.8 Å². The third-order valence-electron chi connectivity index (χ3n) is 2.00. The highest BCUT2D eigenvalue weighted by Crippen LogP contribution is 2.21. The SMILES string of the molecule is COCCNCC(C)Sc1ccccc1. The van der Waals surface area contributed by atoms with Crippen LogP contribution in [0.1, 0.15) is 6.92 Å². The highest BCUT2D eigenvalue weighted by atomic mass is 32.2. The number of methoxy groups -OCH3 is 1. The zero-order valence-electron chi connectivity index (χ0n) is 9.40. The predicted molar refractivity (Wildman–Crippen MR) is 66.5 cm³/mol. The summed E-state index contributed by atoms with van der Waals surface area (Å²) in [4.78, 5) is 1.33. The van der Waals surface area contributed by atoms with Crippen molar-refractivity contribution in [3.8, 4) is 0 Å². The Hall–Kier alpha value is -0.510. The first-order valence-corrected chi connectivity index (χ1v) is 6.12. The summed E-state index contributed by atoms with van der Waals surface area (Å²) in [6.07, 6.45) is 0. The van der Waals surface area contributed by atoms with Gasteiger partial charge < -0.3 is 10.1 Å². The quantitative estimate of drug-likeness (QED) is 0.569. The maximum atomic E-state index is 4.97. The maximum Gasteiger partial charge on any atom is 0.0587 e. The van der Waals surface area contributed by atoms with E-state index in [2.05, 4.69) is 36.5 Å². The molecule has 0 bridgehead atoms. The second-order valence-corrected chi connectivity index (χ2v) is 4.95. The molecule has 0 aliphatic rings. The third kappa shape index (κ3) is 5.82. The fourth-order valence-electron chi connectivity index (χ4n) is 1.25. The maximum absolute atomic E-state index is 4.97. The van der Waals surface area contributed by atoms with E-state index < -0.39 is 0 Å². The molecule has 1 aromatic rings. The van der Waals surface area contributed by atoms with Gasteiger partial charge in [0.1, 0.15) is 0 Å². The smallest absolute Gasteiger partial charge is 0.0587 e. The lowest BCUT2D eigenvalue weighted by atomic mass is 10.4. The van der Waals surface area contributed by atoms with Crippen LogP contribution in [0.3, 0.4) is 0 Å². The van der Waals surface area contributed by atoms with Crippen LogP contribution in [0.15, 0.2) is 35.2 Å². The van der Waals surface area contributed by atoms with Crippen molar-refractivity contribution in [1.29, 1.82) is 0 Å². The third-order valence-corrected chi connectivity index (χ3v) is 3.11. The fraction of sp³-hybridized carbons (Fsp3) is 0.500. The van der Waals surface area contributed by atoms with Crippen molar-refractivity contribution in [2.75, 3.05) is 26.8 Å². The van der Waals surface area contributed by atoms with Crippen LogP contribution in [0.5, 0.6) is 0 Å². The number of thioether (sulfide) groups is 1. The van der Waals surface area contributed by atoms with Gasteiger partial charge in [-0.05, 0) is 12.1 Å². The molecule has 0 saturated heterocycles. The van der Waals surface area contributed by atoms with Crippen molar-refractivity contribution in [2.45, 2.75) is 17.1 Å². The van der Waals surface area contributed by atoms with Gasteiger partial charge in [-0.1, -0.05) is 25.1 Å². The largest absolute Gasteiger partial charge is 0.383 e. The molecule has 1 unspecified atom stereocenters. The highest BCUT2D eigenvalue weighted by Gasteiger charge is 2.02. The Kier molecular flexibility index (Phi) is 6.48. The van der Waals surface area contributed by atoms with Crippen LogP contribution in [-0.4, -0.2) is 32.1 Å². The van der Waals surface area contributed by atoms with Gasteiger partial charge in [0.25, 0.3) is 0 Å². The number of nitrogens with one attached hydrogen (secondary N) is 1. The molecule has 0 heterocycles. The van der Waals surface area contributed by atoms with Gasteiger partial charge in [0.05, 0.1) is 6.61 Å². The Morgan fingerprint density at radius 2 is 2.07 bits per heavy atom. The minimum Gasteiger partial charge on any atom is -0.383 e. The summed E-state index contributed by atoms with van der Waals surface area (Å²) in [7, 11) is 1.73. The normalized spacial score (nSPS) is 12.7. The standard InChI is InChI=1S/C12H19NOS/c1-11(10-13-8-9-14-2)15-12-6-4-3-5-7-12/h3-7,11,13H,8-10H2,1-2H3. The van der Waals surface area contributed by atoms with Crippen LogP contribution in [0.25, 0.3) is 0 Å². The lowest BCUT2D eigenvalue weighted by Crippen LogP contribution is -2.26. The molecule has 0 aromatic heterocycles. The molecule has 0 aliphatic heterocycles. The predicted octanol–water partition coefficient (Wildman–Crippen LogP) is 2.40. The lowest BCUT2D eigenvalue weighted by Gasteiger charge is -2.11. The molecule has 0 fully saturated rings. The van der Waals surface area contributed by atoms with Crippen LogP contribution in [0, 0.1) is 0 Å². The van der Waals surface area contributed by atoms with Crippen LogP contribution in [-0.2, 0) is 4.74 Å². The van der Waals surface area contributed by atoms with Crippen molar-refractivity contribution in [3.05, 3.63) is 30.3 Å². The van der Waals surface area contributed by atoms with Crippen molar-refractivity contribution < 1.29 is 4.74 Å². The number of ether oxygens (including phenoxy) is 1. The molecule has 0 amide bonds. The van der Waals surface area contributed by atoms with Crippen LogP contribution < -0.4 is 5.32 Å². The van der Waals surface area contributed by atoms with Gasteiger partial charge in [0.2, 0.25) is 0 Å². The second kappa shape index (κ2) is 7.74. The minimum atomic E-state index is 0.587. The van der Waals surface area contributed by atoms with E-state index in [9.17, 15) is 0 Å². The molecule has 15 heavy (non-hydrogen) atoms. The van der Waals surface area contributed by atoms with E-state index in [-0.39, 0.29) is 0 Å². The summed E-state index contributed by atoms with van der Waals surface area (Å²) >= 11 is 1.90. The first-order valence-electron chi connectivity index (χ1n) is 5.24. The van der Waals surface area contributed by atoms with Crippen molar-refractivity contribution >= 4 is 11.8 Å². The van der Waals surface area contributed by atoms with Gasteiger partial charge in [-0.15, -0.1) is 11.8 Å². The number of rotatable bonds is 7. The van der Waals surface area contributed by atoms with Crippen molar-refractivity contribution in [1.82, 2.24) is 5.32 Å². The molecule has 0 radical (unpaired) electrons. The van der Waals surface area contributed by atoms with Crippen molar-refractivity contribution in [2.24, 2.45) is 0 Å². The summed E-state index contributed by atoms with van der Waals surface area (Å²) in [5.41, 5.74) is 0. The zero-order valence-corrected chi connectivity index (χ0v) is 10.2. The molecule has 0 saturated carbocycles. The zero-order chi connectivity index (χ0) is 10.9. The summed E-state index contributed by atoms with van der Waals surface area (Å²) in [5.74, 6) is 0. The summed E-state index contributed by atoms with van der Waals surface area (Å²) < 4.78 is 4.97. The Morgan fingerprint density at radius 1 is 1.33 bits per heavy atom. The summed E-state index contributed by atoms with van der Waals surface area (Å²) in [6, 6.07) is 10.5. The van der Waals surface area contributed by atoms with E-state index in [1.54, 1.807) is 7.11 Å². The van der Waals surface area contributed by atoms with Gasteiger partial charge >= 0.3 is 0 Å². The summed E-state index contributed by atoms with van der Waals surface area (Å²) in [6.45, 7) is 4.96. The molecule has 2 nitrogen and oxygen atoms in total. The number of hydrogen-bond donors (Lipinski definition) is 1. The molecule has 1 N–H and O–H groups in total. The van der Waals surface area contributed by atoms with Gasteiger partial charge in [-0.2, -0.15) is 0 Å². The van der Waals surface area contributed by atoms with E-state index in [0.29, 0.717) is 5.25 Å². The van der Waals surface area contributed by atoms with Gasteiger partial charge in [-0.25, -0.2) is 0 Å². The second-order valence-electron chi connectivity index (χ2n) is 3.44. The molecular formula is C12H19NOS. The molecule has 84 valence electrons. The lowest BCUT2D eigenvalue weighted by molar-refractivity contribution is 0.199. The number of hydrogen-bond acceptors (Lipinski definition) is 3. The molecule has 0 aliphatic carbocycles. The van der Waals surface area contributed by atoms with E-state index in [0.717, 1.165) is 19.7 Å². The summed E-state index contributed by atoms with van der Waals surface area (Å²) in [5, 5.41) is 3.95. The Labute approximate surface area is 96.4 Å². The van der Waals surface area contributed by atoms with Crippen LogP contribution in [0.4, 0.5) is 0 Å². The topological polar surface area (TPSA) is 21.3 Å². The molecule has 1 atom stereocenters. The fourth-order valence-corrected chi connectivity index (χ4v) is 2.23. The number of benzene rings is 1. The molecular weight excluding hydrogens is 206 g/mol. The average Bonchev–Trinajstić information content (AvgIpc) is 2.26. The van der Waals surface area contributed by atoms with Gasteiger partial charge in [0, 0.05) is 30.3 Å². The van der Waals surface area contributed by atoms with Gasteiger partial charge in [-0.3, -0.25) is 0 Å². The Morgan fingerprint density at radius 3 is 2.73 bits per heavy atom. The Balaban J connectivity index is 2.16. The van der Waals surface area contributed by atoms with E-state index in [1.165, 1.54) is 4.90 Å². The van der Waals surface area contributed by atoms with E-state index in [1.807, 2.05) is 17.8 Å². The minimum absolute atomic E-state index is 0.587. The monoisotopic (exact) mass is 225 g/mol. The van der Waals surface area contributed by atoms with Crippen molar-refractivity contribution in [3.63, 3.8) is 0 Å². The highest BCUT2D eigenvalue weighted by molar-refractivity contribution is 8.00. The first kappa shape index (κ1) is 12.6.